The van der Waals surface area contributed by atoms with Crippen molar-refractivity contribution in [2.75, 3.05) is 66.4 Å². The highest BCUT2D eigenvalue weighted by Gasteiger charge is 2.44. The quantitative estimate of drug-likeness (QED) is 0.120. The number of amides is 4. The van der Waals surface area contributed by atoms with Crippen LogP contribution in [0.15, 0.2) is 18.2 Å². The van der Waals surface area contributed by atoms with Crippen LogP contribution >= 0.6 is 0 Å². The summed E-state index contributed by atoms with van der Waals surface area (Å²) < 4.78 is 21.2. The molecule has 1 aliphatic heterocycles. The molecule has 218 valence electrons. The Bertz CT molecular complexity index is 941. The highest BCUT2D eigenvalue weighted by atomic mass is 16.5. The summed E-state index contributed by atoms with van der Waals surface area (Å²) in [7, 11) is 1.37. The van der Waals surface area contributed by atoms with Gasteiger partial charge in [-0.15, -0.1) is 0 Å². The Morgan fingerprint density at radius 2 is 1.64 bits per heavy atom. The smallest absolute Gasteiger partial charge is 0.266 e. The highest BCUT2D eigenvalue weighted by Crippen LogP contribution is 2.33. The van der Waals surface area contributed by atoms with Crippen LogP contribution in [-0.4, -0.2) is 112 Å². The number of hydrogen-bond donors (Lipinski definition) is 3. The van der Waals surface area contributed by atoms with Gasteiger partial charge in [0.2, 0.25) is 5.91 Å². The van der Waals surface area contributed by atoms with Crippen LogP contribution < -0.4 is 15.4 Å². The number of rotatable bonds is 19. The summed E-state index contributed by atoms with van der Waals surface area (Å²) in [4.78, 5) is 62.1. The van der Waals surface area contributed by atoms with Crippen molar-refractivity contribution in [2.45, 2.75) is 32.7 Å². The number of hydrogen-bond acceptors (Lipinski definition) is 10. The summed E-state index contributed by atoms with van der Waals surface area (Å²) in [6, 6.07) is 3.25. The molecule has 1 aromatic carbocycles. The van der Waals surface area contributed by atoms with Crippen LogP contribution in [-0.2, 0) is 28.6 Å². The Labute approximate surface area is 228 Å². The van der Waals surface area contributed by atoms with E-state index in [2.05, 4.69) is 10.6 Å². The second-order valence-corrected chi connectivity index (χ2v) is 7.73. The van der Waals surface area contributed by atoms with Gasteiger partial charge in [-0.1, -0.05) is 19.9 Å². The van der Waals surface area contributed by atoms with Gasteiger partial charge in [-0.05, 0) is 18.6 Å². The molecule has 0 radical (unpaired) electrons. The van der Waals surface area contributed by atoms with E-state index in [-0.39, 0.29) is 56.1 Å². The third-order valence-corrected chi connectivity index (χ3v) is 5.23. The zero-order valence-corrected chi connectivity index (χ0v) is 22.7. The summed E-state index contributed by atoms with van der Waals surface area (Å²) in [5.74, 6) is -2.39. The van der Waals surface area contributed by atoms with Crippen LogP contribution in [0.5, 0.6) is 5.75 Å². The molecule has 2 rings (SSSR count). The van der Waals surface area contributed by atoms with E-state index in [1.165, 1.54) is 25.2 Å². The van der Waals surface area contributed by atoms with Gasteiger partial charge in [0.25, 0.3) is 17.7 Å². The molecule has 0 spiro atoms. The summed E-state index contributed by atoms with van der Waals surface area (Å²) in [5.41, 5.74) is 0.0175. The normalized spacial score (nSPS) is 12.8. The molecular weight excluding hydrogens is 514 g/mol. The lowest BCUT2D eigenvalue weighted by Gasteiger charge is -2.24. The number of imide groups is 1. The minimum atomic E-state index is -1.15. The summed E-state index contributed by atoms with van der Waals surface area (Å²) >= 11 is 0. The van der Waals surface area contributed by atoms with Gasteiger partial charge in [0.15, 0.2) is 6.61 Å². The second-order valence-electron chi connectivity index (χ2n) is 7.73. The fraction of sp³-hybridized carbons (Fsp3) is 0.577. The van der Waals surface area contributed by atoms with Gasteiger partial charge in [0.1, 0.15) is 18.1 Å². The number of benzene rings is 1. The van der Waals surface area contributed by atoms with Crippen molar-refractivity contribution in [2.24, 2.45) is 0 Å². The van der Waals surface area contributed by atoms with Gasteiger partial charge < -0.3 is 39.5 Å². The average molecular weight is 554 g/mol. The summed E-state index contributed by atoms with van der Waals surface area (Å²) in [5, 5.41) is 13.6. The van der Waals surface area contributed by atoms with E-state index in [0.29, 0.717) is 32.7 Å². The molecule has 3 N–H and O–H groups in total. The van der Waals surface area contributed by atoms with Crippen molar-refractivity contribution in [1.82, 2.24) is 15.5 Å². The highest BCUT2D eigenvalue weighted by molar-refractivity contribution is 6.24. The number of nitrogens with one attached hydrogen (secondary N) is 2. The largest absolute Gasteiger partial charge is 0.483 e. The van der Waals surface area contributed by atoms with Gasteiger partial charge >= 0.3 is 0 Å². The summed E-state index contributed by atoms with van der Waals surface area (Å²) in [6.45, 7) is 5.77. The number of likely N-dealkylation sites (N-methyl/N-ethyl adjacent to an activating group) is 1. The van der Waals surface area contributed by atoms with Gasteiger partial charge in [-0.2, -0.15) is 0 Å². The maximum Gasteiger partial charge on any atom is 0.266 e. The molecule has 1 heterocycles. The third kappa shape index (κ3) is 10.7. The van der Waals surface area contributed by atoms with Crippen LogP contribution in [0.3, 0.4) is 0 Å². The molecule has 39 heavy (non-hydrogen) atoms. The molecule has 0 saturated carbocycles. The maximum absolute atomic E-state index is 13.1. The fourth-order valence-electron chi connectivity index (χ4n) is 3.51. The first-order valence-electron chi connectivity index (χ1n) is 12.9. The molecule has 13 nitrogen and oxygen atoms in total. The Hall–Kier alpha value is -3.39. The number of aldehydes is 1. The lowest BCUT2D eigenvalue weighted by Crippen LogP contribution is -2.48. The van der Waals surface area contributed by atoms with Gasteiger partial charge in [0, 0.05) is 20.0 Å². The second kappa shape index (κ2) is 19.6. The number of aliphatic hydroxyl groups excluding tert-OH is 1. The monoisotopic (exact) mass is 553 g/mol. The van der Waals surface area contributed by atoms with Crippen molar-refractivity contribution in [3.63, 3.8) is 0 Å². The SMILES string of the molecule is CC.CNC(=O)C(CCC=O)N1C(=O)c2cccc(OCC(=O)NCCOCCOCCOCCO)c2C1=O. The lowest BCUT2D eigenvalue weighted by atomic mass is 10.1. The molecule has 0 aromatic heterocycles. The standard InChI is InChI=1S/C24H33N3O10.C2H6/c1-25-22(31)18(5-3-8-28)27-23(32)17-4-2-6-19(21(17)24(27)33)37-16-20(30)26-7-10-34-12-14-36-15-13-35-11-9-29;1-2/h2,4,6,8,18,29H,3,5,7,9-16H2,1H3,(H,25,31)(H,26,30);1-2H3. The van der Waals surface area contributed by atoms with Gasteiger partial charge in [-0.25, -0.2) is 0 Å². The Balaban J connectivity index is 0.00000371. The molecular formula is C26H39N3O10. The van der Waals surface area contributed by atoms with Gasteiger partial charge in [0.05, 0.1) is 57.4 Å². The molecule has 1 aliphatic rings. The zero-order valence-electron chi connectivity index (χ0n) is 22.7. The minimum absolute atomic E-state index is 0.00779. The number of carbonyl (C=O) groups is 5. The van der Waals surface area contributed by atoms with E-state index in [9.17, 15) is 24.0 Å². The average Bonchev–Trinajstić information content (AvgIpc) is 3.21. The molecule has 0 bridgehead atoms. The van der Waals surface area contributed by atoms with Crippen molar-refractivity contribution < 1.29 is 48.0 Å². The Morgan fingerprint density at radius 1 is 1.00 bits per heavy atom. The van der Waals surface area contributed by atoms with Crippen molar-refractivity contribution >= 4 is 29.9 Å². The van der Waals surface area contributed by atoms with Crippen molar-refractivity contribution in [1.29, 1.82) is 0 Å². The van der Waals surface area contributed by atoms with Crippen LogP contribution in [0.4, 0.5) is 0 Å². The molecule has 1 unspecified atom stereocenters. The molecule has 1 atom stereocenters. The number of nitrogens with zero attached hydrogens (tertiary/aromatic N) is 1. The number of aliphatic hydroxyl groups is 1. The van der Waals surface area contributed by atoms with Crippen LogP contribution in [0, 0.1) is 0 Å². The van der Waals surface area contributed by atoms with Gasteiger partial charge in [-0.3, -0.25) is 24.1 Å². The Kier molecular flexibility index (Phi) is 16.9. The van der Waals surface area contributed by atoms with E-state index in [1.54, 1.807) is 0 Å². The first kappa shape index (κ1) is 33.6. The van der Waals surface area contributed by atoms with Crippen LogP contribution in [0.1, 0.15) is 47.4 Å². The lowest BCUT2D eigenvalue weighted by molar-refractivity contribution is -0.125. The first-order chi connectivity index (χ1) is 19.0. The predicted octanol–water partition coefficient (Wildman–Crippen LogP) is -0.0604. The molecule has 4 amide bonds. The zero-order chi connectivity index (χ0) is 29.0. The van der Waals surface area contributed by atoms with Crippen LogP contribution in [0.25, 0.3) is 0 Å². The van der Waals surface area contributed by atoms with E-state index < -0.39 is 36.3 Å². The molecule has 13 heteroatoms. The van der Waals surface area contributed by atoms with E-state index in [4.69, 9.17) is 24.1 Å². The van der Waals surface area contributed by atoms with Crippen LogP contribution in [0.2, 0.25) is 0 Å². The molecule has 0 fully saturated rings. The van der Waals surface area contributed by atoms with E-state index in [1.807, 2.05) is 13.8 Å². The Morgan fingerprint density at radius 3 is 2.26 bits per heavy atom. The van der Waals surface area contributed by atoms with Crippen molar-refractivity contribution in [3.8, 4) is 5.75 Å². The molecule has 1 aromatic rings. The minimum Gasteiger partial charge on any atom is -0.483 e. The fourth-order valence-corrected chi connectivity index (χ4v) is 3.51. The molecule has 0 saturated heterocycles. The number of carbonyl (C=O) groups excluding carboxylic acids is 5. The molecule has 0 aliphatic carbocycles. The maximum atomic E-state index is 13.1. The topological polar surface area (TPSA) is 170 Å². The number of fused-ring (bicyclic) bond motifs is 1. The number of ether oxygens (including phenoxy) is 4. The van der Waals surface area contributed by atoms with E-state index >= 15 is 0 Å². The first-order valence-corrected chi connectivity index (χ1v) is 12.9. The predicted molar refractivity (Wildman–Crippen MR) is 139 cm³/mol. The van der Waals surface area contributed by atoms with E-state index in [0.717, 1.165) is 4.90 Å². The third-order valence-electron chi connectivity index (χ3n) is 5.23. The summed E-state index contributed by atoms with van der Waals surface area (Å²) in [6.07, 6.45) is 0.588. The van der Waals surface area contributed by atoms with Crippen molar-refractivity contribution in [3.05, 3.63) is 29.3 Å².